The van der Waals surface area contributed by atoms with Crippen LogP contribution in [0.5, 0.6) is 11.5 Å². The van der Waals surface area contributed by atoms with Gasteiger partial charge < -0.3 is 18.9 Å². The summed E-state index contributed by atoms with van der Waals surface area (Å²) < 4.78 is 45.2. The third-order valence-corrected chi connectivity index (χ3v) is 5.39. The summed E-state index contributed by atoms with van der Waals surface area (Å²) in [4.78, 5) is 37.5. The minimum absolute atomic E-state index is 0.116. The Morgan fingerprint density at radius 3 is 2.00 bits per heavy atom. The molecule has 1 aliphatic rings. The van der Waals surface area contributed by atoms with E-state index in [9.17, 15) is 22.8 Å². The molecule has 1 amide bonds. The summed E-state index contributed by atoms with van der Waals surface area (Å²) in [6.45, 7) is 0.709. The molecule has 0 unspecified atom stereocenters. The van der Waals surface area contributed by atoms with E-state index < -0.39 is 32.8 Å². The molecule has 164 valence electrons. The van der Waals surface area contributed by atoms with Gasteiger partial charge >= 0.3 is 11.9 Å². The fourth-order valence-electron chi connectivity index (χ4n) is 2.65. The first-order valence-electron chi connectivity index (χ1n) is 8.78. The second-order valence-corrected chi connectivity index (χ2v) is 7.83. The Hall–Kier alpha value is -3.64. The van der Waals surface area contributed by atoms with Gasteiger partial charge in [0.05, 0.1) is 30.2 Å². The first kappa shape index (κ1) is 22.1. The van der Waals surface area contributed by atoms with Crippen molar-refractivity contribution in [3.8, 4) is 11.5 Å². The van der Waals surface area contributed by atoms with Gasteiger partial charge in [0.1, 0.15) is 13.2 Å². The molecule has 2 N–H and O–H groups in total. The van der Waals surface area contributed by atoms with Crippen molar-refractivity contribution in [3.05, 3.63) is 53.1 Å². The molecule has 0 spiro atoms. The maximum atomic E-state index is 12.7. The molecular weight excluding hydrogens is 432 g/mol. The molecule has 2 aromatic rings. The lowest BCUT2D eigenvalue weighted by atomic mass is 10.1. The monoisotopic (exact) mass is 450 g/mol. The summed E-state index contributed by atoms with van der Waals surface area (Å²) in [5.74, 6) is -1.66. The molecule has 0 fully saturated rings. The van der Waals surface area contributed by atoms with Gasteiger partial charge in [-0.25, -0.2) is 18.0 Å². The number of ether oxygens (including phenoxy) is 4. The molecule has 0 bridgehead atoms. The highest BCUT2D eigenvalue weighted by Crippen LogP contribution is 2.30. The molecule has 0 atom stereocenters. The van der Waals surface area contributed by atoms with Crippen LogP contribution < -0.4 is 19.7 Å². The van der Waals surface area contributed by atoms with Crippen molar-refractivity contribution in [1.82, 2.24) is 10.3 Å². The van der Waals surface area contributed by atoms with Gasteiger partial charge in [0, 0.05) is 5.56 Å². The summed E-state index contributed by atoms with van der Waals surface area (Å²) in [6.07, 6.45) is 0. The van der Waals surface area contributed by atoms with E-state index in [-0.39, 0.29) is 16.7 Å². The van der Waals surface area contributed by atoms with Crippen molar-refractivity contribution < 1.29 is 41.7 Å². The summed E-state index contributed by atoms with van der Waals surface area (Å²) in [6, 6.07) is 7.49. The lowest BCUT2D eigenvalue weighted by molar-refractivity contribution is 0.0598. The third-order valence-electron chi connectivity index (χ3n) is 4.16. The minimum Gasteiger partial charge on any atom is -0.486 e. The van der Waals surface area contributed by atoms with Gasteiger partial charge in [0.2, 0.25) is 0 Å². The number of hydrogen-bond acceptors (Lipinski definition) is 9. The van der Waals surface area contributed by atoms with Crippen molar-refractivity contribution in [2.45, 2.75) is 4.90 Å². The lowest BCUT2D eigenvalue weighted by Gasteiger charge is -2.18. The van der Waals surface area contributed by atoms with E-state index in [1.807, 2.05) is 4.83 Å². The van der Waals surface area contributed by atoms with Gasteiger partial charge in [-0.05, 0) is 36.4 Å². The van der Waals surface area contributed by atoms with Crippen LogP contribution in [0.1, 0.15) is 31.1 Å². The molecule has 2 aromatic carbocycles. The van der Waals surface area contributed by atoms with Crippen molar-refractivity contribution in [1.29, 1.82) is 0 Å². The predicted octanol–water partition coefficient (Wildman–Crippen LogP) is 0.654. The number of carbonyl (C=O) groups is 3. The molecule has 0 saturated carbocycles. The number of rotatable bonds is 6. The standard InChI is InChI=1S/C19H18N2O9S/c1-27-18(23)12-7-13(19(24)28-2)9-14(8-12)31(25,26)21-20-17(22)11-3-4-15-16(10-11)30-6-5-29-15/h3-4,7-10,21H,5-6H2,1-2H3,(H,20,22). The summed E-state index contributed by atoms with van der Waals surface area (Å²) >= 11 is 0. The second-order valence-electron chi connectivity index (χ2n) is 6.15. The summed E-state index contributed by atoms with van der Waals surface area (Å²) in [5.41, 5.74) is 1.80. The number of esters is 2. The number of methoxy groups -OCH3 is 2. The van der Waals surface area contributed by atoms with Gasteiger partial charge in [0.25, 0.3) is 15.9 Å². The first-order chi connectivity index (χ1) is 14.7. The maximum Gasteiger partial charge on any atom is 0.337 e. The van der Waals surface area contributed by atoms with E-state index >= 15 is 0 Å². The minimum atomic E-state index is -4.36. The molecule has 0 aromatic heterocycles. The number of sulfonamides is 1. The predicted molar refractivity (Wildman–Crippen MR) is 104 cm³/mol. The van der Waals surface area contributed by atoms with Crippen LogP contribution in [0.2, 0.25) is 0 Å². The van der Waals surface area contributed by atoms with Crippen LogP contribution >= 0.6 is 0 Å². The average molecular weight is 450 g/mol. The van der Waals surface area contributed by atoms with Gasteiger partial charge in [0.15, 0.2) is 11.5 Å². The molecular formula is C19H18N2O9S. The number of nitrogens with one attached hydrogen (secondary N) is 2. The van der Waals surface area contributed by atoms with Gasteiger partial charge in [-0.2, -0.15) is 0 Å². The zero-order chi connectivity index (χ0) is 22.6. The largest absolute Gasteiger partial charge is 0.486 e. The Morgan fingerprint density at radius 2 is 1.42 bits per heavy atom. The number of benzene rings is 2. The molecule has 0 saturated heterocycles. The Labute approximate surface area is 177 Å². The van der Waals surface area contributed by atoms with E-state index in [1.165, 1.54) is 18.2 Å². The van der Waals surface area contributed by atoms with E-state index in [2.05, 4.69) is 14.9 Å². The Morgan fingerprint density at radius 1 is 0.839 bits per heavy atom. The van der Waals surface area contributed by atoms with Crippen LogP contribution in [0.3, 0.4) is 0 Å². The molecule has 0 aliphatic carbocycles. The second kappa shape index (κ2) is 9.02. The van der Waals surface area contributed by atoms with Crippen LogP contribution in [0.25, 0.3) is 0 Å². The normalized spacial score (nSPS) is 12.6. The molecule has 3 rings (SSSR count). The topological polar surface area (TPSA) is 146 Å². The number of hydrazine groups is 1. The average Bonchev–Trinajstić information content (AvgIpc) is 2.80. The van der Waals surface area contributed by atoms with Gasteiger partial charge in [-0.1, -0.05) is 0 Å². The van der Waals surface area contributed by atoms with Crippen molar-refractivity contribution >= 4 is 27.9 Å². The number of carbonyl (C=O) groups excluding carboxylic acids is 3. The van der Waals surface area contributed by atoms with E-state index in [1.54, 1.807) is 0 Å². The van der Waals surface area contributed by atoms with Crippen molar-refractivity contribution in [2.75, 3.05) is 27.4 Å². The van der Waals surface area contributed by atoms with E-state index in [4.69, 9.17) is 9.47 Å². The molecule has 1 heterocycles. The third kappa shape index (κ3) is 4.92. The maximum absolute atomic E-state index is 12.7. The van der Waals surface area contributed by atoms with Crippen LogP contribution in [0.4, 0.5) is 0 Å². The quantitative estimate of drug-likeness (QED) is 0.478. The fourth-order valence-corrected chi connectivity index (χ4v) is 3.56. The molecule has 1 aliphatic heterocycles. The van der Waals surface area contributed by atoms with Crippen molar-refractivity contribution in [3.63, 3.8) is 0 Å². The molecule has 12 heteroatoms. The zero-order valence-electron chi connectivity index (χ0n) is 16.5. The number of fused-ring (bicyclic) bond motifs is 1. The molecule has 11 nitrogen and oxygen atoms in total. The molecule has 31 heavy (non-hydrogen) atoms. The Balaban J connectivity index is 1.82. The van der Waals surface area contributed by atoms with Crippen LogP contribution in [-0.2, 0) is 19.5 Å². The highest BCUT2D eigenvalue weighted by Gasteiger charge is 2.22. The highest BCUT2D eigenvalue weighted by atomic mass is 32.2. The van der Waals surface area contributed by atoms with Crippen LogP contribution in [0, 0.1) is 0 Å². The van der Waals surface area contributed by atoms with Crippen LogP contribution in [-0.4, -0.2) is 53.7 Å². The highest BCUT2D eigenvalue weighted by molar-refractivity contribution is 7.89. The summed E-state index contributed by atoms with van der Waals surface area (Å²) in [7, 11) is -2.15. The lowest BCUT2D eigenvalue weighted by Crippen LogP contribution is -2.41. The van der Waals surface area contributed by atoms with Crippen molar-refractivity contribution in [2.24, 2.45) is 0 Å². The first-order valence-corrected chi connectivity index (χ1v) is 10.3. The number of hydrogen-bond donors (Lipinski definition) is 2. The van der Waals surface area contributed by atoms with Gasteiger partial charge in [-0.15, -0.1) is 4.83 Å². The summed E-state index contributed by atoms with van der Waals surface area (Å²) in [5, 5.41) is 0. The zero-order valence-corrected chi connectivity index (χ0v) is 17.3. The SMILES string of the molecule is COC(=O)c1cc(C(=O)OC)cc(S(=O)(=O)NNC(=O)c2ccc3c(c2)OCCO3)c1. The van der Waals surface area contributed by atoms with Crippen LogP contribution in [0.15, 0.2) is 41.3 Å². The van der Waals surface area contributed by atoms with E-state index in [0.717, 1.165) is 32.4 Å². The van der Waals surface area contributed by atoms with E-state index in [0.29, 0.717) is 24.7 Å². The number of amides is 1. The Kier molecular flexibility index (Phi) is 6.42. The smallest absolute Gasteiger partial charge is 0.337 e. The fraction of sp³-hybridized carbons (Fsp3) is 0.211. The Bertz CT molecular complexity index is 1110. The van der Waals surface area contributed by atoms with Gasteiger partial charge in [-0.3, -0.25) is 10.2 Å². The molecule has 0 radical (unpaired) electrons.